The van der Waals surface area contributed by atoms with Gasteiger partial charge in [0.2, 0.25) is 0 Å². The molecule has 0 saturated carbocycles. The Bertz CT molecular complexity index is 342. The third-order valence-corrected chi connectivity index (χ3v) is 5.48. The van der Waals surface area contributed by atoms with Crippen molar-refractivity contribution in [3.63, 3.8) is 0 Å². The number of rotatable bonds is 3. The fourth-order valence-electron chi connectivity index (χ4n) is 1.80. The SMILES string of the molecule is O=C(CC1CCSCC1)c1cscc1Br. The van der Waals surface area contributed by atoms with Crippen LogP contribution in [-0.2, 0) is 0 Å². The van der Waals surface area contributed by atoms with E-state index in [1.807, 2.05) is 22.5 Å². The highest BCUT2D eigenvalue weighted by atomic mass is 79.9. The number of hydrogen-bond donors (Lipinski definition) is 0. The van der Waals surface area contributed by atoms with E-state index in [0.717, 1.165) is 16.5 Å². The number of Topliss-reactive ketones (excluding diaryl/α,β-unsaturated/α-hetero) is 1. The van der Waals surface area contributed by atoms with Gasteiger partial charge in [-0.25, -0.2) is 0 Å². The standard InChI is InChI=1S/C11H13BrOS2/c12-10-7-15-6-9(10)11(13)5-8-1-3-14-4-2-8/h6-8H,1-5H2. The predicted molar refractivity (Wildman–Crippen MR) is 71.0 cm³/mol. The molecule has 1 aliphatic heterocycles. The molecule has 0 radical (unpaired) electrons. The normalized spacial score (nSPS) is 17.9. The maximum atomic E-state index is 12.0. The average Bonchev–Trinajstić information content (AvgIpc) is 2.66. The lowest BCUT2D eigenvalue weighted by Crippen LogP contribution is -2.14. The van der Waals surface area contributed by atoms with Gasteiger partial charge in [-0.1, -0.05) is 0 Å². The second-order valence-electron chi connectivity index (χ2n) is 3.82. The van der Waals surface area contributed by atoms with E-state index in [1.54, 1.807) is 11.3 Å². The molecule has 0 unspecified atom stereocenters. The highest BCUT2D eigenvalue weighted by Crippen LogP contribution is 2.29. The largest absolute Gasteiger partial charge is 0.294 e. The summed E-state index contributed by atoms with van der Waals surface area (Å²) >= 11 is 7.01. The van der Waals surface area contributed by atoms with Gasteiger partial charge in [0.05, 0.1) is 0 Å². The number of carbonyl (C=O) groups excluding carboxylic acids is 1. The number of ketones is 1. The zero-order valence-corrected chi connectivity index (χ0v) is 11.6. The van der Waals surface area contributed by atoms with Crippen LogP contribution in [0.5, 0.6) is 0 Å². The minimum atomic E-state index is 0.306. The Balaban J connectivity index is 1.94. The van der Waals surface area contributed by atoms with Gasteiger partial charge in [0.25, 0.3) is 0 Å². The Morgan fingerprint density at radius 2 is 2.13 bits per heavy atom. The molecule has 1 nitrogen and oxygen atoms in total. The molecule has 0 spiro atoms. The number of thiophene rings is 1. The summed E-state index contributed by atoms with van der Waals surface area (Å²) in [6, 6.07) is 0. The zero-order valence-electron chi connectivity index (χ0n) is 8.37. The van der Waals surface area contributed by atoms with Crippen molar-refractivity contribution in [1.82, 2.24) is 0 Å². The van der Waals surface area contributed by atoms with Crippen LogP contribution in [0.25, 0.3) is 0 Å². The van der Waals surface area contributed by atoms with Crippen LogP contribution in [0.4, 0.5) is 0 Å². The number of halogens is 1. The Hall–Kier alpha value is 0.200. The second kappa shape index (κ2) is 5.51. The number of hydrogen-bond acceptors (Lipinski definition) is 3. The molecule has 0 aliphatic carbocycles. The first-order chi connectivity index (χ1) is 7.27. The molecule has 1 aliphatic rings. The molecule has 1 saturated heterocycles. The van der Waals surface area contributed by atoms with E-state index in [0.29, 0.717) is 11.7 Å². The van der Waals surface area contributed by atoms with Crippen molar-refractivity contribution < 1.29 is 4.79 Å². The van der Waals surface area contributed by atoms with Crippen molar-refractivity contribution in [2.75, 3.05) is 11.5 Å². The van der Waals surface area contributed by atoms with Gasteiger partial charge in [-0.15, -0.1) is 0 Å². The van der Waals surface area contributed by atoms with E-state index in [2.05, 4.69) is 15.9 Å². The van der Waals surface area contributed by atoms with E-state index in [-0.39, 0.29) is 0 Å². The molecule has 0 N–H and O–H groups in total. The van der Waals surface area contributed by atoms with Gasteiger partial charge in [0, 0.05) is 27.2 Å². The lowest BCUT2D eigenvalue weighted by atomic mass is 9.94. The van der Waals surface area contributed by atoms with Gasteiger partial charge in [-0.3, -0.25) is 4.79 Å². The topological polar surface area (TPSA) is 17.1 Å². The highest BCUT2D eigenvalue weighted by Gasteiger charge is 2.19. The molecule has 0 aromatic carbocycles. The van der Waals surface area contributed by atoms with Crippen LogP contribution in [0.2, 0.25) is 0 Å². The maximum Gasteiger partial charge on any atom is 0.165 e. The summed E-state index contributed by atoms with van der Waals surface area (Å²) in [6.45, 7) is 0. The van der Waals surface area contributed by atoms with Gasteiger partial charge in [-0.2, -0.15) is 23.1 Å². The third-order valence-electron chi connectivity index (χ3n) is 2.73. The highest BCUT2D eigenvalue weighted by molar-refractivity contribution is 9.10. The molecule has 0 amide bonds. The number of carbonyl (C=O) groups is 1. The summed E-state index contributed by atoms with van der Waals surface area (Å²) in [6.07, 6.45) is 3.15. The first kappa shape index (κ1) is 11.7. The minimum absolute atomic E-state index is 0.306. The Kier molecular flexibility index (Phi) is 4.29. The van der Waals surface area contributed by atoms with E-state index >= 15 is 0 Å². The maximum absolute atomic E-state index is 12.0. The van der Waals surface area contributed by atoms with Gasteiger partial charge in [-0.05, 0) is 46.2 Å². The van der Waals surface area contributed by atoms with Gasteiger partial charge < -0.3 is 0 Å². The first-order valence-corrected chi connectivity index (χ1v) is 7.99. The average molecular weight is 305 g/mol. The van der Waals surface area contributed by atoms with Crippen molar-refractivity contribution in [2.45, 2.75) is 19.3 Å². The molecule has 1 aromatic heterocycles. The van der Waals surface area contributed by atoms with Crippen LogP contribution >= 0.6 is 39.0 Å². The van der Waals surface area contributed by atoms with Crippen molar-refractivity contribution >= 4 is 44.8 Å². The molecule has 4 heteroatoms. The molecule has 82 valence electrons. The third kappa shape index (κ3) is 3.08. The summed E-state index contributed by atoms with van der Waals surface area (Å²) in [7, 11) is 0. The van der Waals surface area contributed by atoms with Crippen LogP contribution < -0.4 is 0 Å². The molecule has 0 bridgehead atoms. The number of thioether (sulfide) groups is 1. The first-order valence-electron chi connectivity index (χ1n) is 5.10. The lowest BCUT2D eigenvalue weighted by Gasteiger charge is -2.20. The van der Waals surface area contributed by atoms with E-state index in [9.17, 15) is 4.79 Å². The molecule has 15 heavy (non-hydrogen) atoms. The smallest absolute Gasteiger partial charge is 0.165 e. The summed E-state index contributed by atoms with van der Waals surface area (Å²) in [5.74, 6) is 3.37. The predicted octanol–water partition coefficient (Wildman–Crippen LogP) is 4.23. The molecule has 2 heterocycles. The molecular formula is C11H13BrOS2. The van der Waals surface area contributed by atoms with Crippen molar-refractivity contribution in [1.29, 1.82) is 0 Å². The molecule has 2 rings (SSSR count). The van der Waals surface area contributed by atoms with Crippen molar-refractivity contribution in [2.24, 2.45) is 5.92 Å². The zero-order chi connectivity index (χ0) is 10.7. The molecule has 1 aromatic rings. The van der Waals surface area contributed by atoms with Gasteiger partial charge in [0.1, 0.15) is 0 Å². The van der Waals surface area contributed by atoms with Gasteiger partial charge >= 0.3 is 0 Å². The van der Waals surface area contributed by atoms with E-state index in [1.165, 1.54) is 24.3 Å². The summed E-state index contributed by atoms with van der Waals surface area (Å²) < 4.78 is 0.961. The van der Waals surface area contributed by atoms with Crippen molar-refractivity contribution in [3.8, 4) is 0 Å². The van der Waals surface area contributed by atoms with Crippen LogP contribution in [0.3, 0.4) is 0 Å². The Morgan fingerprint density at radius 1 is 1.40 bits per heavy atom. The quantitative estimate of drug-likeness (QED) is 0.778. The van der Waals surface area contributed by atoms with Crippen LogP contribution in [0, 0.1) is 5.92 Å². The van der Waals surface area contributed by atoms with Crippen LogP contribution in [0.15, 0.2) is 15.2 Å². The fourth-order valence-corrected chi connectivity index (χ4v) is 4.53. The van der Waals surface area contributed by atoms with Crippen LogP contribution in [-0.4, -0.2) is 17.3 Å². The minimum Gasteiger partial charge on any atom is -0.294 e. The lowest BCUT2D eigenvalue weighted by molar-refractivity contribution is 0.0958. The Labute approximate surface area is 107 Å². The monoisotopic (exact) mass is 304 g/mol. The summed E-state index contributed by atoms with van der Waals surface area (Å²) in [5.41, 5.74) is 0.873. The van der Waals surface area contributed by atoms with Crippen molar-refractivity contribution in [3.05, 3.63) is 20.8 Å². The van der Waals surface area contributed by atoms with E-state index < -0.39 is 0 Å². The van der Waals surface area contributed by atoms with Gasteiger partial charge in [0.15, 0.2) is 5.78 Å². The van der Waals surface area contributed by atoms with E-state index in [4.69, 9.17) is 0 Å². The summed E-state index contributed by atoms with van der Waals surface area (Å²) in [4.78, 5) is 12.0. The molecule has 0 atom stereocenters. The fraction of sp³-hybridized carbons (Fsp3) is 0.545. The summed E-state index contributed by atoms with van der Waals surface area (Å²) in [5, 5.41) is 3.92. The Morgan fingerprint density at radius 3 is 2.73 bits per heavy atom. The van der Waals surface area contributed by atoms with Crippen LogP contribution in [0.1, 0.15) is 29.6 Å². The molecular weight excluding hydrogens is 292 g/mol. The second-order valence-corrected chi connectivity index (χ2v) is 6.64. The molecule has 1 fully saturated rings.